The predicted molar refractivity (Wildman–Crippen MR) is 264 cm³/mol. The lowest BCUT2D eigenvalue weighted by Gasteiger charge is -2.31. The predicted octanol–water partition coefficient (Wildman–Crippen LogP) is 7.06. The SMILES string of the molecule is C=C1C[C@H]2C=Nc3cc(OCCCCCOc4cc5c(cc4OC)C(=O)N4CC(=C)C[C@H]4C(O)N5C(=O)OCc4ccc(NC(=O)OCc5cc6c(n5C)C(=O)C=C(OC)C6=O)cc4)c(OC)cc3C(=O)N2C1. The quantitative estimate of drug-likeness (QED) is 0.0847. The van der Waals surface area contributed by atoms with E-state index < -0.39 is 41.9 Å². The van der Waals surface area contributed by atoms with Crippen molar-refractivity contribution in [2.24, 2.45) is 12.0 Å². The van der Waals surface area contributed by atoms with E-state index in [-0.39, 0.29) is 84.5 Å². The molecule has 5 aliphatic rings. The van der Waals surface area contributed by atoms with Crippen LogP contribution in [0.4, 0.5) is 26.7 Å². The Morgan fingerprint density at radius 2 is 1.41 bits per heavy atom. The highest BCUT2D eigenvalue weighted by Gasteiger charge is 2.46. The molecule has 9 rings (SSSR count). The molecule has 2 saturated heterocycles. The average Bonchev–Trinajstić information content (AvgIpc) is 4.04. The van der Waals surface area contributed by atoms with Crippen LogP contribution in [0.1, 0.15) is 84.9 Å². The van der Waals surface area contributed by atoms with E-state index in [4.69, 9.17) is 33.2 Å². The summed E-state index contributed by atoms with van der Waals surface area (Å²) >= 11 is 0. The highest BCUT2D eigenvalue weighted by atomic mass is 16.6. The molecule has 0 spiro atoms. The third kappa shape index (κ3) is 9.84. The van der Waals surface area contributed by atoms with Crippen LogP contribution in [0.5, 0.6) is 23.0 Å². The number of nitrogens with zero attached hydrogens (tertiary/aromatic N) is 5. The standard InChI is InChI=1S/C53H54N6O14/c1-29-16-33-24-54-38-21-44(42(67-4)19-35(38)49(62)57(33)25-29)70-14-8-7-9-15-71-45-22-39-36(20-43(45)68-5)50(63)58-26-30(2)17-40(58)51(64)59(39)53(66)73-27-31-10-12-32(13-11-31)55-52(65)72-28-34-18-37-47(56(34)3)41(60)23-46(69-6)48(37)61/h10-13,18-24,33,40,51,64H,1-2,7-9,14-17,25-28H2,3-6H3,(H,55,65)/t33-,40-,51?/m0/s1. The van der Waals surface area contributed by atoms with Gasteiger partial charge in [-0.2, -0.15) is 0 Å². The van der Waals surface area contributed by atoms with Crippen molar-refractivity contribution in [3.63, 3.8) is 0 Å². The van der Waals surface area contributed by atoms with Gasteiger partial charge in [0.15, 0.2) is 35.0 Å². The largest absolute Gasteiger partial charge is 0.493 e. The van der Waals surface area contributed by atoms with E-state index >= 15 is 0 Å². The maximum absolute atomic E-state index is 14.1. The molecular formula is C53H54N6O14. The number of ether oxygens (including phenoxy) is 7. The van der Waals surface area contributed by atoms with Crippen molar-refractivity contribution < 1.29 is 67.0 Å². The van der Waals surface area contributed by atoms with Gasteiger partial charge in [-0.1, -0.05) is 36.4 Å². The number of carbonyl (C=O) groups excluding carboxylic acids is 6. The zero-order valence-electron chi connectivity index (χ0n) is 40.8. The number of aliphatic imine (C=N–C) groups is 1. The second kappa shape index (κ2) is 20.8. The molecule has 1 aromatic heterocycles. The Kier molecular flexibility index (Phi) is 14.1. The van der Waals surface area contributed by atoms with Gasteiger partial charge < -0.3 is 52.6 Å². The van der Waals surface area contributed by atoms with Gasteiger partial charge in [0.05, 0.1) is 80.4 Å². The van der Waals surface area contributed by atoms with Crippen molar-refractivity contribution in [3.8, 4) is 23.0 Å². The lowest BCUT2D eigenvalue weighted by Crippen LogP contribution is -2.50. The maximum Gasteiger partial charge on any atom is 0.416 e. The van der Waals surface area contributed by atoms with Crippen molar-refractivity contribution in [2.75, 3.05) is 57.8 Å². The number of rotatable bonds is 16. The number of Topliss-reactive ketones (excluding diaryl/α,β-unsaturated/α-hetero) is 1. The zero-order chi connectivity index (χ0) is 51.7. The number of aliphatic hydroxyl groups excluding tert-OH is 1. The molecule has 4 amide bonds. The van der Waals surface area contributed by atoms with Crippen LogP contribution in [-0.2, 0) is 34.5 Å². The fourth-order valence-corrected chi connectivity index (χ4v) is 9.53. The molecule has 73 heavy (non-hydrogen) atoms. The first-order chi connectivity index (χ1) is 35.2. The monoisotopic (exact) mass is 998 g/mol. The van der Waals surface area contributed by atoms with Gasteiger partial charge in [0.2, 0.25) is 11.6 Å². The molecule has 2 N–H and O–H groups in total. The number of unbranched alkanes of at least 4 members (excludes halogenated alkanes) is 2. The summed E-state index contributed by atoms with van der Waals surface area (Å²) in [6.07, 6.45) is 2.55. The number of aliphatic hydroxyl groups is 1. The number of aromatic nitrogens is 1. The second-order valence-corrected chi connectivity index (χ2v) is 18.1. The number of ketones is 2. The highest BCUT2D eigenvalue weighted by molar-refractivity contribution is 6.23. The summed E-state index contributed by atoms with van der Waals surface area (Å²) in [6.45, 7) is 8.87. The van der Waals surface area contributed by atoms with Crippen molar-refractivity contribution in [2.45, 2.75) is 63.6 Å². The Morgan fingerprint density at radius 3 is 2.11 bits per heavy atom. The van der Waals surface area contributed by atoms with Gasteiger partial charge in [0, 0.05) is 50.2 Å². The molecule has 380 valence electrons. The molecule has 1 unspecified atom stereocenters. The van der Waals surface area contributed by atoms with Crippen LogP contribution in [-0.4, -0.2) is 127 Å². The summed E-state index contributed by atoms with van der Waals surface area (Å²) < 4.78 is 41.2. The molecule has 20 heteroatoms. The van der Waals surface area contributed by atoms with Crippen molar-refractivity contribution >= 4 is 58.8 Å². The summed E-state index contributed by atoms with van der Waals surface area (Å²) in [6, 6.07) is 13.3. The Hall–Kier alpha value is -8.39. The van der Waals surface area contributed by atoms with Crippen LogP contribution in [0, 0.1) is 0 Å². The van der Waals surface area contributed by atoms with E-state index in [1.165, 1.54) is 49.0 Å². The molecule has 0 saturated carbocycles. The smallest absolute Gasteiger partial charge is 0.416 e. The molecule has 20 nitrogen and oxygen atoms in total. The van der Waals surface area contributed by atoms with E-state index in [2.05, 4.69) is 23.5 Å². The minimum Gasteiger partial charge on any atom is -0.493 e. The van der Waals surface area contributed by atoms with Gasteiger partial charge >= 0.3 is 12.2 Å². The first-order valence-corrected chi connectivity index (χ1v) is 23.6. The molecule has 4 aromatic rings. The number of nitrogens with one attached hydrogen (secondary N) is 1. The van der Waals surface area contributed by atoms with Gasteiger partial charge in [-0.15, -0.1) is 0 Å². The van der Waals surface area contributed by atoms with E-state index in [1.807, 2.05) is 0 Å². The number of hydrogen-bond acceptors (Lipinski definition) is 15. The molecular weight excluding hydrogens is 945 g/mol. The maximum atomic E-state index is 14.1. The van der Waals surface area contributed by atoms with Crippen LogP contribution in [0.25, 0.3) is 0 Å². The number of allylic oxidation sites excluding steroid dienone is 2. The first kappa shape index (κ1) is 49.6. The van der Waals surface area contributed by atoms with Crippen LogP contribution in [0.3, 0.4) is 0 Å². The third-order valence-electron chi connectivity index (χ3n) is 13.3. The number of fused-ring (bicyclic) bond motifs is 5. The minimum absolute atomic E-state index is 0.0708. The lowest BCUT2D eigenvalue weighted by molar-refractivity contribution is 0.0485. The number of carbonyl (C=O) groups is 6. The topological polar surface area (TPSA) is 226 Å². The van der Waals surface area contributed by atoms with E-state index in [0.717, 1.165) is 16.5 Å². The van der Waals surface area contributed by atoms with Crippen LogP contribution < -0.4 is 29.2 Å². The summed E-state index contributed by atoms with van der Waals surface area (Å²) in [5.41, 5.74) is 4.46. The molecule has 0 radical (unpaired) electrons. The summed E-state index contributed by atoms with van der Waals surface area (Å²) in [7, 11) is 5.86. The summed E-state index contributed by atoms with van der Waals surface area (Å²) in [5.74, 6) is -0.0963. The lowest BCUT2D eigenvalue weighted by atomic mass is 10.0. The summed E-state index contributed by atoms with van der Waals surface area (Å²) in [5, 5.41) is 14.5. The molecule has 1 aliphatic carbocycles. The Morgan fingerprint density at radius 1 is 0.753 bits per heavy atom. The molecule has 3 atom stereocenters. The van der Waals surface area contributed by atoms with Crippen molar-refractivity contribution in [3.05, 3.63) is 124 Å². The molecule has 4 aliphatic heterocycles. The van der Waals surface area contributed by atoms with Crippen molar-refractivity contribution in [1.82, 2.24) is 14.4 Å². The zero-order valence-corrected chi connectivity index (χ0v) is 40.8. The number of amides is 4. The van der Waals surface area contributed by atoms with E-state index in [9.17, 15) is 33.9 Å². The van der Waals surface area contributed by atoms with Gasteiger partial charge in [-0.25, -0.2) is 14.5 Å². The number of anilines is 2. The Balaban J connectivity index is 0.809. The first-order valence-electron chi connectivity index (χ1n) is 23.6. The normalized spacial score (nSPS) is 18.7. The van der Waals surface area contributed by atoms with Gasteiger partial charge in [0.25, 0.3) is 11.8 Å². The van der Waals surface area contributed by atoms with Gasteiger partial charge in [0.1, 0.15) is 18.9 Å². The summed E-state index contributed by atoms with van der Waals surface area (Å²) in [4.78, 5) is 88.5. The second-order valence-electron chi connectivity index (χ2n) is 18.1. The van der Waals surface area contributed by atoms with E-state index in [0.29, 0.717) is 84.1 Å². The third-order valence-corrected chi connectivity index (χ3v) is 13.3. The number of benzene rings is 3. The number of hydrogen-bond donors (Lipinski definition) is 2. The van der Waals surface area contributed by atoms with E-state index in [1.54, 1.807) is 54.6 Å². The van der Waals surface area contributed by atoms with Gasteiger partial charge in [-0.05, 0) is 68.0 Å². The van der Waals surface area contributed by atoms with Gasteiger partial charge in [-0.3, -0.25) is 29.5 Å². The highest BCUT2D eigenvalue weighted by Crippen LogP contribution is 2.43. The molecule has 5 heterocycles. The van der Waals surface area contributed by atoms with Crippen LogP contribution in [0.2, 0.25) is 0 Å². The van der Waals surface area contributed by atoms with Crippen LogP contribution >= 0.6 is 0 Å². The average molecular weight is 999 g/mol. The Bertz CT molecular complexity index is 3010. The van der Waals surface area contributed by atoms with Crippen molar-refractivity contribution in [1.29, 1.82) is 0 Å². The molecule has 3 aromatic carbocycles. The minimum atomic E-state index is -1.51. The molecule has 2 fully saturated rings. The fraction of sp³-hybridized carbons (Fsp3) is 0.340. The Labute approximate surface area is 420 Å². The van der Waals surface area contributed by atoms with Crippen LogP contribution in [0.15, 0.2) is 95.7 Å². The fourth-order valence-electron chi connectivity index (χ4n) is 9.53. The molecule has 0 bridgehead atoms. The number of methoxy groups -OCH3 is 3.